The molecule has 6 nitrogen and oxygen atoms in total. The second-order valence-electron chi connectivity index (χ2n) is 9.68. The van der Waals surface area contributed by atoms with Gasteiger partial charge in [-0.2, -0.15) is 0 Å². The van der Waals surface area contributed by atoms with E-state index in [4.69, 9.17) is 9.47 Å². The van der Waals surface area contributed by atoms with Crippen molar-refractivity contribution in [1.82, 2.24) is 9.88 Å². The lowest BCUT2D eigenvalue weighted by atomic mass is 9.85. The van der Waals surface area contributed by atoms with Crippen LogP contribution in [-0.4, -0.2) is 35.7 Å². The number of hydrogen-bond acceptors (Lipinski definition) is 6. The minimum atomic E-state index is -0.481. The van der Waals surface area contributed by atoms with Crippen molar-refractivity contribution in [2.45, 2.75) is 57.9 Å². The van der Waals surface area contributed by atoms with Crippen molar-refractivity contribution < 1.29 is 14.3 Å². The van der Waals surface area contributed by atoms with E-state index in [2.05, 4.69) is 36.0 Å². The number of hydrogen-bond donors (Lipinski definition) is 1. The number of carbonyl (C=O) groups is 1. The Bertz CT molecular complexity index is 955. The van der Waals surface area contributed by atoms with Gasteiger partial charge in [-0.3, -0.25) is 9.69 Å². The molecule has 1 saturated carbocycles. The minimum absolute atomic E-state index is 0.0238. The predicted octanol–water partition coefficient (Wildman–Crippen LogP) is 4.73. The average Bonchev–Trinajstić information content (AvgIpc) is 3.07. The second kappa shape index (κ2) is 7.24. The SMILES string of the molecule is CC(C)(C)C(c1cnc(NC(=O)C2(c3ccc4c(c3)OCO4)CC2)s1)N1CCCC1. The monoisotopic (exact) mass is 427 g/mol. The number of fused-ring (bicyclic) bond motifs is 1. The first-order chi connectivity index (χ1) is 14.4. The molecule has 3 heterocycles. The first kappa shape index (κ1) is 19.8. The third-order valence-corrected chi connectivity index (χ3v) is 7.41. The summed E-state index contributed by atoms with van der Waals surface area (Å²) in [5, 5.41) is 3.80. The number of likely N-dealkylation sites (tertiary alicyclic amines) is 1. The molecule has 2 fully saturated rings. The van der Waals surface area contributed by atoms with Crippen LogP contribution in [0.15, 0.2) is 24.4 Å². The zero-order valence-electron chi connectivity index (χ0n) is 17.9. The number of anilines is 1. The molecule has 1 N–H and O–H groups in total. The normalized spacial score (nSPS) is 20.9. The minimum Gasteiger partial charge on any atom is -0.454 e. The molecule has 30 heavy (non-hydrogen) atoms. The Labute approximate surface area is 181 Å². The van der Waals surface area contributed by atoms with Crippen molar-refractivity contribution in [1.29, 1.82) is 0 Å². The van der Waals surface area contributed by atoms with Gasteiger partial charge in [-0.25, -0.2) is 4.98 Å². The number of benzene rings is 1. The van der Waals surface area contributed by atoms with Crippen LogP contribution < -0.4 is 14.8 Å². The van der Waals surface area contributed by atoms with Crippen LogP contribution in [0.2, 0.25) is 0 Å². The molecule has 2 aliphatic heterocycles. The number of amides is 1. The third-order valence-electron chi connectivity index (χ3n) is 6.45. The summed E-state index contributed by atoms with van der Waals surface area (Å²) in [6.45, 7) is 9.36. The molecule has 1 aromatic carbocycles. The summed E-state index contributed by atoms with van der Waals surface area (Å²) >= 11 is 1.61. The van der Waals surface area contributed by atoms with E-state index in [1.165, 1.54) is 17.7 Å². The number of rotatable bonds is 5. The van der Waals surface area contributed by atoms with Crippen molar-refractivity contribution in [2.75, 3.05) is 25.2 Å². The molecule has 1 aliphatic carbocycles. The zero-order chi connectivity index (χ0) is 20.9. The lowest BCUT2D eigenvalue weighted by Gasteiger charge is -2.37. The van der Waals surface area contributed by atoms with Gasteiger partial charge >= 0.3 is 0 Å². The summed E-state index contributed by atoms with van der Waals surface area (Å²) in [5.74, 6) is 1.49. The summed E-state index contributed by atoms with van der Waals surface area (Å²) < 4.78 is 10.9. The van der Waals surface area contributed by atoms with Crippen LogP contribution in [0.5, 0.6) is 11.5 Å². The predicted molar refractivity (Wildman–Crippen MR) is 117 cm³/mol. The maximum atomic E-state index is 13.2. The van der Waals surface area contributed by atoms with Crippen LogP contribution in [0.3, 0.4) is 0 Å². The van der Waals surface area contributed by atoms with E-state index in [1.807, 2.05) is 24.4 Å². The van der Waals surface area contributed by atoms with Gasteiger partial charge in [0.25, 0.3) is 0 Å². The third kappa shape index (κ3) is 3.48. The molecule has 1 amide bonds. The van der Waals surface area contributed by atoms with Crippen LogP contribution in [-0.2, 0) is 10.2 Å². The molecular weight excluding hydrogens is 398 g/mol. The van der Waals surface area contributed by atoms with Gasteiger partial charge in [0, 0.05) is 11.1 Å². The molecule has 1 atom stereocenters. The van der Waals surface area contributed by atoms with Crippen molar-refractivity contribution >= 4 is 22.4 Å². The van der Waals surface area contributed by atoms with Gasteiger partial charge in [0.05, 0.1) is 11.5 Å². The van der Waals surface area contributed by atoms with E-state index >= 15 is 0 Å². The fourth-order valence-electron chi connectivity index (χ4n) is 4.81. The van der Waals surface area contributed by atoms with E-state index in [9.17, 15) is 4.79 Å². The van der Waals surface area contributed by atoms with Crippen LogP contribution in [0.1, 0.15) is 62.9 Å². The Morgan fingerprint density at radius 3 is 2.63 bits per heavy atom. The summed E-state index contributed by atoms with van der Waals surface area (Å²) in [4.78, 5) is 21.6. The molecule has 0 spiro atoms. The second-order valence-corrected chi connectivity index (χ2v) is 10.7. The highest BCUT2D eigenvalue weighted by Crippen LogP contribution is 2.51. The molecular formula is C23H29N3O3S. The van der Waals surface area contributed by atoms with Gasteiger partial charge in [-0.15, -0.1) is 11.3 Å². The van der Waals surface area contributed by atoms with Crippen LogP contribution in [0, 0.1) is 5.41 Å². The summed E-state index contributed by atoms with van der Waals surface area (Å²) in [7, 11) is 0. The fourth-order valence-corrected chi connectivity index (χ4v) is 6.00. The van der Waals surface area contributed by atoms with Crippen molar-refractivity contribution in [3.05, 3.63) is 34.8 Å². The van der Waals surface area contributed by atoms with E-state index < -0.39 is 5.41 Å². The maximum Gasteiger partial charge on any atom is 0.236 e. The maximum absolute atomic E-state index is 13.2. The van der Waals surface area contributed by atoms with Crippen molar-refractivity contribution in [3.8, 4) is 11.5 Å². The number of ether oxygens (including phenoxy) is 2. The first-order valence-corrected chi connectivity index (χ1v) is 11.6. The lowest BCUT2D eigenvalue weighted by molar-refractivity contribution is -0.118. The molecule has 1 unspecified atom stereocenters. The highest BCUT2D eigenvalue weighted by molar-refractivity contribution is 7.15. The number of carbonyl (C=O) groups excluding carboxylic acids is 1. The molecule has 2 aromatic rings. The number of thiazole rings is 1. The van der Waals surface area contributed by atoms with Crippen LogP contribution in [0.4, 0.5) is 5.13 Å². The Hall–Kier alpha value is -2.12. The Morgan fingerprint density at radius 1 is 1.20 bits per heavy atom. The molecule has 1 aromatic heterocycles. The van der Waals surface area contributed by atoms with E-state index in [0.717, 1.165) is 43.0 Å². The molecule has 5 rings (SSSR count). The summed E-state index contributed by atoms with van der Waals surface area (Å²) in [6, 6.07) is 6.16. The first-order valence-electron chi connectivity index (χ1n) is 10.8. The lowest BCUT2D eigenvalue weighted by Crippen LogP contribution is -2.34. The van der Waals surface area contributed by atoms with E-state index in [0.29, 0.717) is 11.2 Å². The quantitative estimate of drug-likeness (QED) is 0.748. The summed E-state index contributed by atoms with van der Waals surface area (Å²) in [5.41, 5.74) is 0.624. The van der Waals surface area contributed by atoms with E-state index in [1.54, 1.807) is 11.3 Å². The Kier molecular flexibility index (Phi) is 4.78. The number of nitrogens with zero attached hydrogens (tertiary/aromatic N) is 2. The van der Waals surface area contributed by atoms with Crippen LogP contribution >= 0.6 is 11.3 Å². The zero-order valence-corrected chi connectivity index (χ0v) is 18.7. The Morgan fingerprint density at radius 2 is 1.93 bits per heavy atom. The fraction of sp³-hybridized carbons (Fsp3) is 0.565. The van der Waals surface area contributed by atoms with E-state index in [-0.39, 0.29) is 18.1 Å². The van der Waals surface area contributed by atoms with Crippen LogP contribution in [0.25, 0.3) is 0 Å². The van der Waals surface area contributed by atoms with Crippen molar-refractivity contribution in [2.24, 2.45) is 5.41 Å². The van der Waals surface area contributed by atoms with Gasteiger partial charge in [-0.1, -0.05) is 26.8 Å². The molecule has 160 valence electrons. The topological polar surface area (TPSA) is 63.7 Å². The molecule has 0 bridgehead atoms. The Balaban J connectivity index is 1.34. The van der Waals surface area contributed by atoms with Gasteiger partial charge in [0.2, 0.25) is 12.7 Å². The molecule has 1 saturated heterocycles. The van der Waals surface area contributed by atoms with Gasteiger partial charge in [-0.05, 0) is 61.9 Å². The highest BCUT2D eigenvalue weighted by Gasteiger charge is 2.52. The smallest absolute Gasteiger partial charge is 0.236 e. The van der Waals surface area contributed by atoms with Crippen molar-refractivity contribution in [3.63, 3.8) is 0 Å². The molecule has 7 heteroatoms. The number of nitrogens with one attached hydrogen (secondary N) is 1. The standard InChI is InChI=1S/C23H29N3O3S/c1-22(2,3)19(26-10-4-5-11-26)18-13-24-21(30-18)25-20(27)23(8-9-23)15-6-7-16-17(12-15)29-14-28-16/h6-7,12-13,19H,4-5,8-11,14H2,1-3H3,(H,24,25,27). The molecule has 0 radical (unpaired) electrons. The van der Waals surface area contributed by atoms with Gasteiger partial charge in [0.15, 0.2) is 16.6 Å². The largest absolute Gasteiger partial charge is 0.454 e. The summed E-state index contributed by atoms with van der Waals surface area (Å²) in [6.07, 6.45) is 6.15. The average molecular weight is 428 g/mol. The highest BCUT2D eigenvalue weighted by atomic mass is 32.1. The number of aromatic nitrogens is 1. The van der Waals surface area contributed by atoms with Gasteiger partial charge < -0.3 is 14.8 Å². The van der Waals surface area contributed by atoms with Gasteiger partial charge in [0.1, 0.15) is 0 Å². The molecule has 3 aliphatic rings.